The topological polar surface area (TPSA) is 59.4 Å². The van der Waals surface area contributed by atoms with Crippen LogP contribution in [0.5, 0.6) is 0 Å². The molecule has 0 radical (unpaired) electrons. The number of nitrogens with zero attached hydrogens (tertiary/aromatic N) is 3. The lowest BCUT2D eigenvalue weighted by atomic mass is 10.1. The molecule has 0 aliphatic carbocycles. The molecule has 2 amide bonds. The number of aromatic nitrogens is 2. The molecule has 1 N–H and O–H groups in total. The number of rotatable bonds is 7. The second kappa shape index (κ2) is 8.39. The lowest BCUT2D eigenvalue weighted by Gasteiger charge is -2.19. The summed E-state index contributed by atoms with van der Waals surface area (Å²) in [6.45, 7) is -1.91. The Morgan fingerprint density at radius 2 is 2.08 bits per heavy atom. The number of ether oxygens (including phenoxy) is 1. The smallest absolute Gasteiger partial charge is 0.319 e. The first-order chi connectivity index (χ1) is 11.5. The van der Waals surface area contributed by atoms with Gasteiger partial charge in [-0.15, -0.1) is 0 Å². The maximum absolute atomic E-state index is 12.8. The fourth-order valence-corrected chi connectivity index (χ4v) is 2.26. The molecular formula is C16H20F2N4O2. The van der Waals surface area contributed by atoms with Crippen LogP contribution in [0.2, 0.25) is 0 Å². The Balaban J connectivity index is 1.94. The van der Waals surface area contributed by atoms with Crippen LogP contribution in [0.1, 0.15) is 23.5 Å². The quantitative estimate of drug-likeness (QED) is 0.844. The van der Waals surface area contributed by atoms with Crippen molar-refractivity contribution in [1.82, 2.24) is 19.8 Å². The van der Waals surface area contributed by atoms with E-state index in [1.165, 1.54) is 24.3 Å². The summed E-state index contributed by atoms with van der Waals surface area (Å²) in [5.74, 6) is 0.127. The van der Waals surface area contributed by atoms with Gasteiger partial charge in [0.05, 0.1) is 13.2 Å². The molecule has 8 heteroatoms. The number of urea groups is 1. The highest BCUT2D eigenvalue weighted by Crippen LogP contribution is 2.14. The third-order valence-electron chi connectivity index (χ3n) is 3.53. The van der Waals surface area contributed by atoms with E-state index in [2.05, 4.69) is 10.3 Å². The van der Waals surface area contributed by atoms with Gasteiger partial charge >= 0.3 is 12.6 Å². The molecule has 130 valence electrons. The normalized spacial score (nSPS) is 10.9. The van der Waals surface area contributed by atoms with Gasteiger partial charge < -0.3 is 15.0 Å². The Morgan fingerprint density at radius 3 is 2.75 bits per heavy atom. The van der Waals surface area contributed by atoms with Crippen molar-refractivity contribution in [1.29, 1.82) is 0 Å². The van der Waals surface area contributed by atoms with Gasteiger partial charge in [-0.2, -0.15) is 8.78 Å². The molecule has 0 atom stereocenters. The standard InChI is InChI=1S/C16H20F2N4O2/c1-21(10-14-19-7-8-22(14)15(17)18)16(23)20-9-12-5-3-4-6-13(12)11-24-2/h3-8,15H,9-11H2,1-2H3,(H,20,23). The number of methoxy groups -OCH3 is 1. The molecule has 24 heavy (non-hydrogen) atoms. The molecule has 0 bridgehead atoms. The molecule has 1 aromatic carbocycles. The summed E-state index contributed by atoms with van der Waals surface area (Å²) >= 11 is 0. The zero-order valence-corrected chi connectivity index (χ0v) is 13.6. The van der Waals surface area contributed by atoms with Crippen LogP contribution < -0.4 is 5.32 Å². The molecule has 6 nitrogen and oxygen atoms in total. The molecule has 0 saturated carbocycles. The van der Waals surface area contributed by atoms with Crippen molar-refractivity contribution >= 4 is 6.03 Å². The fraction of sp³-hybridized carbons (Fsp3) is 0.375. The molecule has 0 spiro atoms. The number of carbonyl (C=O) groups is 1. The van der Waals surface area contributed by atoms with Crippen LogP contribution in [0.3, 0.4) is 0 Å². The highest BCUT2D eigenvalue weighted by molar-refractivity contribution is 5.73. The molecule has 0 saturated heterocycles. The summed E-state index contributed by atoms with van der Waals surface area (Å²) in [7, 11) is 3.13. The van der Waals surface area contributed by atoms with Gasteiger partial charge in [0, 0.05) is 33.1 Å². The van der Waals surface area contributed by atoms with Crippen molar-refractivity contribution in [2.24, 2.45) is 0 Å². The minimum Gasteiger partial charge on any atom is -0.380 e. The number of hydrogen-bond acceptors (Lipinski definition) is 3. The SMILES string of the molecule is COCc1ccccc1CNC(=O)N(C)Cc1nccn1C(F)F. The first kappa shape index (κ1) is 17.9. The van der Waals surface area contributed by atoms with Crippen molar-refractivity contribution in [2.75, 3.05) is 14.2 Å². The van der Waals surface area contributed by atoms with Crippen molar-refractivity contribution in [3.05, 3.63) is 53.6 Å². The summed E-state index contributed by atoms with van der Waals surface area (Å²) in [5, 5.41) is 2.77. The van der Waals surface area contributed by atoms with Gasteiger partial charge in [-0.3, -0.25) is 4.57 Å². The highest BCUT2D eigenvalue weighted by Gasteiger charge is 2.16. The predicted molar refractivity (Wildman–Crippen MR) is 84.3 cm³/mol. The van der Waals surface area contributed by atoms with Gasteiger partial charge in [0.1, 0.15) is 5.82 Å². The van der Waals surface area contributed by atoms with Gasteiger partial charge in [0.15, 0.2) is 0 Å². The maximum Gasteiger partial charge on any atom is 0.319 e. The van der Waals surface area contributed by atoms with E-state index in [0.29, 0.717) is 13.2 Å². The van der Waals surface area contributed by atoms with Crippen LogP contribution >= 0.6 is 0 Å². The van der Waals surface area contributed by atoms with E-state index in [1.807, 2.05) is 24.3 Å². The Morgan fingerprint density at radius 1 is 1.38 bits per heavy atom. The molecule has 1 aromatic heterocycles. The monoisotopic (exact) mass is 338 g/mol. The summed E-state index contributed by atoms with van der Waals surface area (Å²) in [4.78, 5) is 17.3. The predicted octanol–water partition coefficient (Wildman–Crippen LogP) is 2.77. The molecule has 0 unspecified atom stereocenters. The van der Waals surface area contributed by atoms with E-state index in [1.54, 1.807) is 7.11 Å². The first-order valence-electron chi connectivity index (χ1n) is 7.37. The third kappa shape index (κ3) is 4.51. The van der Waals surface area contributed by atoms with Crippen LogP contribution in [0.25, 0.3) is 0 Å². The lowest BCUT2D eigenvalue weighted by Crippen LogP contribution is -2.37. The van der Waals surface area contributed by atoms with E-state index >= 15 is 0 Å². The second-order valence-corrected chi connectivity index (χ2v) is 5.24. The molecule has 0 aliphatic heterocycles. The van der Waals surface area contributed by atoms with Crippen LogP contribution in [0, 0.1) is 0 Å². The number of nitrogens with one attached hydrogen (secondary N) is 1. The fourth-order valence-electron chi connectivity index (χ4n) is 2.26. The Bertz CT molecular complexity index is 676. The zero-order chi connectivity index (χ0) is 17.5. The summed E-state index contributed by atoms with van der Waals surface area (Å²) in [6.07, 6.45) is 2.47. The van der Waals surface area contributed by atoms with Gasteiger partial charge in [-0.25, -0.2) is 9.78 Å². The third-order valence-corrected chi connectivity index (χ3v) is 3.53. The largest absolute Gasteiger partial charge is 0.380 e. The maximum atomic E-state index is 12.8. The Hall–Kier alpha value is -2.48. The lowest BCUT2D eigenvalue weighted by molar-refractivity contribution is 0.0651. The molecule has 0 aliphatic rings. The molecule has 2 rings (SSSR count). The number of imidazole rings is 1. The summed E-state index contributed by atoms with van der Waals surface area (Å²) < 4.78 is 31.4. The molecular weight excluding hydrogens is 318 g/mol. The highest BCUT2D eigenvalue weighted by atomic mass is 19.3. The molecule has 0 fully saturated rings. The average Bonchev–Trinajstić information content (AvgIpc) is 3.02. The van der Waals surface area contributed by atoms with Crippen molar-refractivity contribution in [2.45, 2.75) is 26.2 Å². The van der Waals surface area contributed by atoms with E-state index < -0.39 is 6.55 Å². The average molecular weight is 338 g/mol. The van der Waals surface area contributed by atoms with Crippen molar-refractivity contribution in [3.63, 3.8) is 0 Å². The van der Waals surface area contributed by atoms with Gasteiger partial charge in [0.2, 0.25) is 0 Å². The van der Waals surface area contributed by atoms with E-state index in [4.69, 9.17) is 4.74 Å². The number of benzene rings is 1. The van der Waals surface area contributed by atoms with Crippen molar-refractivity contribution < 1.29 is 18.3 Å². The number of amides is 2. The summed E-state index contributed by atoms with van der Waals surface area (Å²) in [5.41, 5.74) is 1.92. The molecule has 1 heterocycles. The Labute approximate surface area is 139 Å². The number of hydrogen-bond donors (Lipinski definition) is 1. The van der Waals surface area contributed by atoms with Crippen LogP contribution in [0.4, 0.5) is 13.6 Å². The van der Waals surface area contributed by atoms with E-state index in [0.717, 1.165) is 15.7 Å². The van der Waals surface area contributed by atoms with Crippen LogP contribution in [-0.4, -0.2) is 34.6 Å². The summed E-state index contributed by atoms with van der Waals surface area (Å²) in [6, 6.07) is 7.23. The first-order valence-corrected chi connectivity index (χ1v) is 7.37. The van der Waals surface area contributed by atoms with Gasteiger partial charge in [-0.1, -0.05) is 24.3 Å². The Kier molecular flexibility index (Phi) is 6.25. The van der Waals surface area contributed by atoms with E-state index in [-0.39, 0.29) is 18.4 Å². The van der Waals surface area contributed by atoms with Crippen LogP contribution in [-0.2, 0) is 24.4 Å². The van der Waals surface area contributed by atoms with Gasteiger partial charge in [-0.05, 0) is 11.1 Å². The number of carbonyl (C=O) groups excluding carboxylic acids is 1. The minimum atomic E-state index is -2.68. The zero-order valence-electron chi connectivity index (χ0n) is 13.6. The number of alkyl halides is 2. The van der Waals surface area contributed by atoms with Crippen LogP contribution in [0.15, 0.2) is 36.7 Å². The van der Waals surface area contributed by atoms with E-state index in [9.17, 15) is 13.6 Å². The number of halogens is 2. The molecule has 2 aromatic rings. The van der Waals surface area contributed by atoms with Gasteiger partial charge in [0.25, 0.3) is 0 Å². The van der Waals surface area contributed by atoms with Crippen molar-refractivity contribution in [3.8, 4) is 0 Å². The second-order valence-electron chi connectivity index (χ2n) is 5.24. The minimum absolute atomic E-state index is 0.0110.